The van der Waals surface area contributed by atoms with Crippen molar-refractivity contribution in [3.05, 3.63) is 0 Å². The predicted molar refractivity (Wildman–Crippen MR) is 27.3 cm³/mol. The van der Waals surface area contributed by atoms with Gasteiger partial charge in [0.25, 0.3) is 0 Å². The van der Waals surface area contributed by atoms with Gasteiger partial charge in [0.05, 0.1) is 0 Å². The summed E-state index contributed by atoms with van der Waals surface area (Å²) in [5, 5.41) is 8.48. The highest BCUT2D eigenvalue weighted by Gasteiger charge is 2.16. The van der Waals surface area contributed by atoms with Gasteiger partial charge in [-0.1, -0.05) is 0 Å². The van der Waals surface area contributed by atoms with Crippen LogP contribution in [0.1, 0.15) is 13.8 Å². The summed E-state index contributed by atoms with van der Waals surface area (Å²) in [5.74, 6) is -0.528. The van der Waals surface area contributed by atoms with Crippen LogP contribution in [0.3, 0.4) is 0 Å². The van der Waals surface area contributed by atoms with Crippen LogP contribution < -0.4 is 0 Å². The van der Waals surface area contributed by atoms with Crippen molar-refractivity contribution in [1.82, 2.24) is 0 Å². The second-order valence-electron chi connectivity index (χ2n) is 1.73. The molecule has 0 rings (SSSR count). The minimum atomic E-state index is -1.45. The van der Waals surface area contributed by atoms with Crippen LogP contribution in [0.25, 0.3) is 0 Å². The molecule has 0 heterocycles. The minimum absolute atomic E-state index is 0.528. The third kappa shape index (κ3) is 2.02. The minimum Gasteiger partial charge on any atom is -0.382 e. The molecule has 0 aromatic carbocycles. The molecule has 0 aliphatic carbocycles. The number of hydrogen-bond acceptors (Lipinski definition) is 2. The Balaban J connectivity index is 3.64. The third-order valence-electron chi connectivity index (χ3n) is 0.852. The van der Waals surface area contributed by atoms with Crippen molar-refractivity contribution >= 4 is 5.78 Å². The van der Waals surface area contributed by atoms with Crippen LogP contribution in [0.5, 0.6) is 0 Å². The zero-order valence-electron chi connectivity index (χ0n) is 4.89. The van der Waals surface area contributed by atoms with E-state index in [1.807, 2.05) is 0 Å². The molecular formula is C5H9FO2. The molecule has 0 saturated carbocycles. The molecule has 0 aliphatic rings. The summed E-state index contributed by atoms with van der Waals surface area (Å²) in [6, 6.07) is 0. The van der Waals surface area contributed by atoms with Crippen molar-refractivity contribution in [2.24, 2.45) is 0 Å². The molecule has 2 nitrogen and oxygen atoms in total. The van der Waals surface area contributed by atoms with E-state index in [1.54, 1.807) is 0 Å². The summed E-state index contributed by atoms with van der Waals surface area (Å²) < 4.78 is 11.9. The van der Waals surface area contributed by atoms with Crippen LogP contribution in [-0.4, -0.2) is 23.2 Å². The highest BCUT2D eigenvalue weighted by atomic mass is 19.1. The van der Waals surface area contributed by atoms with E-state index >= 15 is 0 Å². The van der Waals surface area contributed by atoms with Gasteiger partial charge in [-0.2, -0.15) is 0 Å². The topological polar surface area (TPSA) is 37.3 Å². The second kappa shape index (κ2) is 2.77. The van der Waals surface area contributed by atoms with E-state index in [2.05, 4.69) is 0 Å². The Kier molecular flexibility index (Phi) is 2.62. The van der Waals surface area contributed by atoms with Gasteiger partial charge in [-0.05, 0) is 13.8 Å². The number of ketones is 1. The molecule has 0 aromatic rings. The van der Waals surface area contributed by atoms with Crippen molar-refractivity contribution < 1.29 is 14.3 Å². The van der Waals surface area contributed by atoms with E-state index in [0.717, 1.165) is 13.8 Å². The largest absolute Gasteiger partial charge is 0.382 e. The lowest BCUT2D eigenvalue weighted by Gasteiger charge is -2.04. The lowest BCUT2D eigenvalue weighted by atomic mass is 10.2. The van der Waals surface area contributed by atoms with E-state index < -0.39 is 18.1 Å². The molecule has 1 N–H and O–H groups in total. The average Bonchev–Trinajstić information content (AvgIpc) is 1.64. The second-order valence-corrected chi connectivity index (χ2v) is 1.73. The number of Topliss-reactive ketones (excluding diaryl/α,β-unsaturated/α-hetero) is 1. The van der Waals surface area contributed by atoms with Crippen LogP contribution in [0.2, 0.25) is 0 Å². The first-order chi connectivity index (χ1) is 3.55. The normalized spacial score (nSPS) is 17.5. The van der Waals surface area contributed by atoms with Crippen molar-refractivity contribution in [2.75, 3.05) is 0 Å². The summed E-state index contributed by atoms with van der Waals surface area (Å²) in [6.07, 6.45) is -2.89. The SMILES string of the molecule is CC(=O)C(O)C(C)F. The Hall–Kier alpha value is -0.440. The lowest BCUT2D eigenvalue weighted by molar-refractivity contribution is -0.127. The van der Waals surface area contributed by atoms with Crippen LogP contribution in [0.15, 0.2) is 0 Å². The Labute approximate surface area is 47.3 Å². The van der Waals surface area contributed by atoms with E-state index in [0.29, 0.717) is 0 Å². The zero-order valence-corrected chi connectivity index (χ0v) is 4.89. The summed E-state index contributed by atoms with van der Waals surface area (Å²) in [7, 11) is 0. The first-order valence-corrected chi connectivity index (χ1v) is 2.38. The fourth-order valence-electron chi connectivity index (χ4n) is 0.323. The van der Waals surface area contributed by atoms with Crippen molar-refractivity contribution in [3.8, 4) is 0 Å². The van der Waals surface area contributed by atoms with Crippen molar-refractivity contribution in [1.29, 1.82) is 0 Å². The molecule has 48 valence electrons. The molecule has 0 amide bonds. The number of aliphatic hydroxyl groups excluding tert-OH is 1. The van der Waals surface area contributed by atoms with Gasteiger partial charge in [-0.15, -0.1) is 0 Å². The van der Waals surface area contributed by atoms with Crippen LogP contribution in [0, 0.1) is 0 Å². The molecule has 0 aliphatic heterocycles. The van der Waals surface area contributed by atoms with Gasteiger partial charge in [-0.3, -0.25) is 4.79 Å². The van der Waals surface area contributed by atoms with E-state index in [4.69, 9.17) is 5.11 Å². The fourth-order valence-corrected chi connectivity index (χ4v) is 0.323. The zero-order chi connectivity index (χ0) is 6.73. The summed E-state index contributed by atoms with van der Waals surface area (Å²) >= 11 is 0. The smallest absolute Gasteiger partial charge is 0.161 e. The van der Waals surface area contributed by atoms with Crippen LogP contribution in [-0.2, 0) is 4.79 Å². The number of carbonyl (C=O) groups excluding carboxylic acids is 1. The summed E-state index contributed by atoms with van der Waals surface area (Å²) in [4.78, 5) is 10.1. The quantitative estimate of drug-likeness (QED) is 0.568. The Morgan fingerprint density at radius 2 is 2.12 bits per heavy atom. The van der Waals surface area contributed by atoms with E-state index in [9.17, 15) is 9.18 Å². The maximum atomic E-state index is 11.9. The fraction of sp³-hybridized carbons (Fsp3) is 0.800. The number of aliphatic hydroxyl groups is 1. The maximum Gasteiger partial charge on any atom is 0.161 e. The molecule has 0 fully saturated rings. The van der Waals surface area contributed by atoms with Gasteiger partial charge in [0.15, 0.2) is 5.78 Å². The average molecular weight is 120 g/mol. The number of alkyl halides is 1. The van der Waals surface area contributed by atoms with E-state index in [1.165, 1.54) is 0 Å². The Morgan fingerprint density at radius 1 is 1.75 bits per heavy atom. The van der Waals surface area contributed by atoms with Crippen molar-refractivity contribution in [2.45, 2.75) is 26.1 Å². The molecular weight excluding hydrogens is 111 g/mol. The number of carbonyl (C=O) groups is 1. The van der Waals surface area contributed by atoms with Crippen molar-refractivity contribution in [3.63, 3.8) is 0 Å². The number of halogens is 1. The predicted octanol–water partition coefficient (Wildman–Crippen LogP) is 0.294. The Morgan fingerprint density at radius 3 is 2.12 bits per heavy atom. The third-order valence-corrected chi connectivity index (χ3v) is 0.852. The van der Waals surface area contributed by atoms with Gasteiger partial charge in [0.1, 0.15) is 12.3 Å². The first-order valence-electron chi connectivity index (χ1n) is 2.38. The molecule has 0 bridgehead atoms. The van der Waals surface area contributed by atoms with E-state index in [-0.39, 0.29) is 0 Å². The highest BCUT2D eigenvalue weighted by Crippen LogP contribution is 1.97. The maximum absolute atomic E-state index is 11.9. The van der Waals surface area contributed by atoms with Gasteiger partial charge in [0.2, 0.25) is 0 Å². The monoisotopic (exact) mass is 120 g/mol. The summed E-state index contributed by atoms with van der Waals surface area (Å²) in [5.41, 5.74) is 0. The molecule has 8 heavy (non-hydrogen) atoms. The molecule has 0 aromatic heterocycles. The lowest BCUT2D eigenvalue weighted by Crippen LogP contribution is -2.26. The molecule has 2 unspecified atom stereocenters. The van der Waals surface area contributed by atoms with Crippen LogP contribution >= 0.6 is 0 Å². The number of rotatable bonds is 2. The molecule has 2 atom stereocenters. The first kappa shape index (κ1) is 7.56. The Bertz CT molecular complexity index is 90.4. The number of hydrogen-bond donors (Lipinski definition) is 1. The standard InChI is InChI=1S/C5H9FO2/c1-3(6)5(8)4(2)7/h3,5,8H,1-2H3. The van der Waals surface area contributed by atoms with Gasteiger partial charge >= 0.3 is 0 Å². The molecule has 0 spiro atoms. The molecule has 3 heteroatoms. The van der Waals surface area contributed by atoms with Gasteiger partial charge in [0, 0.05) is 0 Å². The summed E-state index contributed by atoms with van der Waals surface area (Å²) in [6.45, 7) is 2.30. The molecule has 0 radical (unpaired) electrons. The van der Waals surface area contributed by atoms with Gasteiger partial charge < -0.3 is 5.11 Å². The van der Waals surface area contributed by atoms with Crippen LogP contribution in [0.4, 0.5) is 4.39 Å². The highest BCUT2D eigenvalue weighted by molar-refractivity contribution is 5.80. The van der Waals surface area contributed by atoms with Gasteiger partial charge in [-0.25, -0.2) is 4.39 Å². The molecule has 0 saturated heterocycles.